The minimum absolute atomic E-state index is 0.449. The Morgan fingerprint density at radius 3 is 2.88 bits per heavy atom. The largest absolute Gasteiger partial charge is 0.337 e. The van der Waals surface area contributed by atoms with Crippen LogP contribution in [0.2, 0.25) is 0 Å². The first kappa shape index (κ1) is 11.6. The van der Waals surface area contributed by atoms with Crippen LogP contribution in [0.3, 0.4) is 0 Å². The van der Waals surface area contributed by atoms with Gasteiger partial charge in [-0.25, -0.2) is 4.98 Å². The molecule has 1 aliphatic rings. The van der Waals surface area contributed by atoms with Crippen molar-refractivity contribution in [2.45, 2.75) is 45.1 Å². The molecule has 1 atom stereocenters. The third-order valence-corrected chi connectivity index (χ3v) is 3.60. The Labute approximate surface area is 98.3 Å². The summed E-state index contributed by atoms with van der Waals surface area (Å²) in [5.41, 5.74) is 0. The quantitative estimate of drug-likeness (QED) is 0.800. The van der Waals surface area contributed by atoms with E-state index in [2.05, 4.69) is 28.8 Å². The standard InChI is InChI=1S/C13H23N3/c1-3-7-14-12(10-11-5-4-6-11)13-15-8-9-16(13)2/h8-9,11-12,14H,3-7,10H2,1-2H3. The molecular formula is C13H23N3. The molecule has 1 aromatic heterocycles. The highest BCUT2D eigenvalue weighted by Gasteiger charge is 2.24. The van der Waals surface area contributed by atoms with Crippen molar-refractivity contribution in [1.29, 1.82) is 0 Å². The molecule has 1 N–H and O–H groups in total. The number of aryl methyl sites for hydroxylation is 1. The smallest absolute Gasteiger partial charge is 0.125 e. The van der Waals surface area contributed by atoms with E-state index in [1.807, 2.05) is 12.4 Å². The Kier molecular flexibility index (Phi) is 3.99. The van der Waals surface area contributed by atoms with Crippen LogP contribution in [0.5, 0.6) is 0 Å². The molecule has 0 spiro atoms. The van der Waals surface area contributed by atoms with Gasteiger partial charge in [-0.1, -0.05) is 26.2 Å². The average molecular weight is 221 g/mol. The van der Waals surface area contributed by atoms with Crippen molar-refractivity contribution in [3.63, 3.8) is 0 Å². The van der Waals surface area contributed by atoms with E-state index in [0.717, 1.165) is 12.5 Å². The van der Waals surface area contributed by atoms with E-state index >= 15 is 0 Å². The van der Waals surface area contributed by atoms with E-state index in [1.165, 1.54) is 37.9 Å². The maximum Gasteiger partial charge on any atom is 0.125 e. The van der Waals surface area contributed by atoms with E-state index in [1.54, 1.807) is 0 Å². The summed E-state index contributed by atoms with van der Waals surface area (Å²) in [5.74, 6) is 2.12. The second-order valence-electron chi connectivity index (χ2n) is 4.94. The Morgan fingerprint density at radius 2 is 2.38 bits per heavy atom. The van der Waals surface area contributed by atoms with Gasteiger partial charge in [0.25, 0.3) is 0 Å². The van der Waals surface area contributed by atoms with Crippen LogP contribution in [0.1, 0.15) is 50.9 Å². The predicted molar refractivity (Wildman–Crippen MR) is 66.2 cm³/mol. The lowest BCUT2D eigenvalue weighted by molar-refractivity contribution is 0.255. The van der Waals surface area contributed by atoms with Crippen LogP contribution < -0.4 is 5.32 Å². The minimum Gasteiger partial charge on any atom is -0.337 e. The van der Waals surface area contributed by atoms with Gasteiger partial charge in [-0.3, -0.25) is 0 Å². The maximum atomic E-state index is 4.48. The normalized spacial score (nSPS) is 18.4. The second kappa shape index (κ2) is 5.48. The Bertz CT molecular complexity index is 315. The summed E-state index contributed by atoms with van der Waals surface area (Å²) >= 11 is 0. The van der Waals surface area contributed by atoms with Crippen molar-refractivity contribution in [2.24, 2.45) is 13.0 Å². The third kappa shape index (κ3) is 2.64. The molecule has 0 amide bonds. The van der Waals surface area contributed by atoms with Gasteiger partial charge in [-0.15, -0.1) is 0 Å². The molecule has 1 fully saturated rings. The van der Waals surface area contributed by atoms with E-state index in [0.29, 0.717) is 6.04 Å². The number of nitrogens with zero attached hydrogens (tertiary/aromatic N) is 2. The van der Waals surface area contributed by atoms with E-state index < -0.39 is 0 Å². The molecule has 0 bridgehead atoms. The van der Waals surface area contributed by atoms with Gasteiger partial charge in [-0.2, -0.15) is 0 Å². The highest BCUT2D eigenvalue weighted by molar-refractivity contribution is 4.99. The Balaban J connectivity index is 1.98. The SMILES string of the molecule is CCCNC(CC1CCC1)c1nccn1C. The van der Waals surface area contributed by atoms with Gasteiger partial charge in [0.05, 0.1) is 6.04 Å². The van der Waals surface area contributed by atoms with Gasteiger partial charge in [0.2, 0.25) is 0 Å². The van der Waals surface area contributed by atoms with Crippen LogP contribution in [-0.4, -0.2) is 16.1 Å². The summed E-state index contributed by atoms with van der Waals surface area (Å²) < 4.78 is 2.14. The summed E-state index contributed by atoms with van der Waals surface area (Å²) in [6.07, 6.45) is 10.6. The first-order valence-corrected chi connectivity index (χ1v) is 6.52. The van der Waals surface area contributed by atoms with Gasteiger partial charge >= 0.3 is 0 Å². The number of hydrogen-bond acceptors (Lipinski definition) is 2. The summed E-state index contributed by atoms with van der Waals surface area (Å²) in [6.45, 7) is 3.30. The topological polar surface area (TPSA) is 29.9 Å². The third-order valence-electron chi connectivity index (χ3n) is 3.60. The van der Waals surface area contributed by atoms with Gasteiger partial charge in [0.1, 0.15) is 5.82 Å². The number of rotatable bonds is 6. The lowest BCUT2D eigenvalue weighted by atomic mass is 9.80. The molecule has 2 rings (SSSR count). The van der Waals surface area contributed by atoms with E-state index in [4.69, 9.17) is 0 Å². The van der Waals surface area contributed by atoms with Crippen LogP contribution in [-0.2, 0) is 7.05 Å². The van der Waals surface area contributed by atoms with Crippen LogP contribution >= 0.6 is 0 Å². The first-order chi connectivity index (χ1) is 7.81. The predicted octanol–water partition coefficient (Wildman–Crippen LogP) is 2.65. The number of hydrogen-bond donors (Lipinski definition) is 1. The lowest BCUT2D eigenvalue weighted by Gasteiger charge is -2.30. The van der Waals surface area contributed by atoms with Crippen molar-refractivity contribution in [1.82, 2.24) is 14.9 Å². The molecule has 0 saturated heterocycles. The van der Waals surface area contributed by atoms with Crippen LogP contribution in [0.4, 0.5) is 0 Å². The average Bonchev–Trinajstić information content (AvgIpc) is 2.62. The highest BCUT2D eigenvalue weighted by atomic mass is 15.1. The number of imidazole rings is 1. The fourth-order valence-corrected chi connectivity index (χ4v) is 2.37. The molecule has 90 valence electrons. The number of nitrogens with one attached hydrogen (secondary N) is 1. The fraction of sp³-hybridized carbons (Fsp3) is 0.769. The molecule has 0 aromatic carbocycles. The molecule has 3 nitrogen and oxygen atoms in total. The van der Waals surface area contributed by atoms with Crippen LogP contribution in [0.15, 0.2) is 12.4 Å². The van der Waals surface area contributed by atoms with Crippen molar-refractivity contribution in [3.05, 3.63) is 18.2 Å². The monoisotopic (exact) mass is 221 g/mol. The molecule has 1 heterocycles. The van der Waals surface area contributed by atoms with Gasteiger partial charge in [0.15, 0.2) is 0 Å². The minimum atomic E-state index is 0.449. The summed E-state index contributed by atoms with van der Waals surface area (Å²) in [7, 11) is 2.09. The molecule has 1 aromatic rings. The highest BCUT2D eigenvalue weighted by Crippen LogP contribution is 2.34. The molecule has 16 heavy (non-hydrogen) atoms. The molecule has 1 saturated carbocycles. The molecule has 1 unspecified atom stereocenters. The van der Waals surface area contributed by atoms with Gasteiger partial charge in [0, 0.05) is 19.4 Å². The molecule has 1 aliphatic carbocycles. The van der Waals surface area contributed by atoms with Crippen LogP contribution in [0, 0.1) is 5.92 Å². The summed E-state index contributed by atoms with van der Waals surface area (Å²) in [5, 5.41) is 3.63. The van der Waals surface area contributed by atoms with Crippen molar-refractivity contribution in [3.8, 4) is 0 Å². The fourth-order valence-electron chi connectivity index (χ4n) is 2.37. The van der Waals surface area contributed by atoms with Crippen molar-refractivity contribution in [2.75, 3.05) is 6.54 Å². The van der Waals surface area contributed by atoms with Crippen molar-refractivity contribution < 1.29 is 0 Å². The molecular weight excluding hydrogens is 198 g/mol. The zero-order valence-corrected chi connectivity index (χ0v) is 10.4. The maximum absolute atomic E-state index is 4.48. The summed E-state index contributed by atoms with van der Waals surface area (Å²) in [4.78, 5) is 4.48. The first-order valence-electron chi connectivity index (χ1n) is 6.52. The Hall–Kier alpha value is -0.830. The van der Waals surface area contributed by atoms with Gasteiger partial charge < -0.3 is 9.88 Å². The van der Waals surface area contributed by atoms with Gasteiger partial charge in [-0.05, 0) is 25.3 Å². The summed E-state index contributed by atoms with van der Waals surface area (Å²) in [6, 6.07) is 0.449. The second-order valence-corrected chi connectivity index (χ2v) is 4.94. The lowest BCUT2D eigenvalue weighted by Crippen LogP contribution is -2.28. The van der Waals surface area contributed by atoms with Crippen LogP contribution in [0.25, 0.3) is 0 Å². The molecule has 0 aliphatic heterocycles. The molecule has 0 radical (unpaired) electrons. The molecule has 3 heteroatoms. The van der Waals surface area contributed by atoms with Crippen molar-refractivity contribution >= 4 is 0 Å². The number of aromatic nitrogens is 2. The zero-order valence-electron chi connectivity index (χ0n) is 10.4. The zero-order chi connectivity index (χ0) is 11.4. The Morgan fingerprint density at radius 1 is 1.56 bits per heavy atom. The van der Waals surface area contributed by atoms with E-state index in [-0.39, 0.29) is 0 Å². The van der Waals surface area contributed by atoms with E-state index in [9.17, 15) is 0 Å².